The lowest BCUT2D eigenvalue weighted by molar-refractivity contribution is -0.140. The van der Waals surface area contributed by atoms with Gasteiger partial charge in [0, 0.05) is 13.1 Å². The molecule has 0 bridgehead atoms. The van der Waals surface area contributed by atoms with Crippen molar-refractivity contribution >= 4 is 16.0 Å². The third kappa shape index (κ3) is 3.54. The molecule has 0 heterocycles. The van der Waals surface area contributed by atoms with Crippen LogP contribution in [0.25, 0.3) is 0 Å². The summed E-state index contributed by atoms with van der Waals surface area (Å²) in [4.78, 5) is 11.3. The fraction of sp³-hybridized carbons (Fsp3) is 0.417. The molecule has 0 radical (unpaired) electrons. The molecule has 0 N–H and O–H groups in total. The lowest BCUT2D eigenvalue weighted by Crippen LogP contribution is -2.33. The van der Waals surface area contributed by atoms with E-state index in [2.05, 4.69) is 4.74 Å². The third-order valence-electron chi connectivity index (χ3n) is 2.53. The van der Waals surface area contributed by atoms with E-state index in [4.69, 9.17) is 0 Å². The molecule has 0 atom stereocenters. The van der Waals surface area contributed by atoms with Crippen LogP contribution in [0.3, 0.4) is 0 Å². The van der Waals surface area contributed by atoms with E-state index in [0.29, 0.717) is 6.54 Å². The Morgan fingerprint density at radius 3 is 2.39 bits per heavy atom. The van der Waals surface area contributed by atoms with E-state index in [0.717, 1.165) is 0 Å². The molecule has 6 heteroatoms. The summed E-state index contributed by atoms with van der Waals surface area (Å²) in [5.41, 5.74) is 0. The standard InChI is InChI=1S/C12H17NO4S/c1-3-13(10-9-12(14)17-2)18(15,16)11-7-5-4-6-8-11/h4-8H,3,9-10H2,1-2H3. The highest BCUT2D eigenvalue weighted by Crippen LogP contribution is 2.15. The molecule has 0 fully saturated rings. The molecule has 0 saturated heterocycles. The molecule has 0 aliphatic carbocycles. The van der Waals surface area contributed by atoms with E-state index >= 15 is 0 Å². The van der Waals surface area contributed by atoms with E-state index in [1.54, 1.807) is 25.1 Å². The van der Waals surface area contributed by atoms with Crippen LogP contribution in [0, 0.1) is 0 Å². The van der Waals surface area contributed by atoms with Gasteiger partial charge in [-0.2, -0.15) is 4.31 Å². The number of sulfonamides is 1. The fourth-order valence-electron chi connectivity index (χ4n) is 1.51. The summed E-state index contributed by atoms with van der Waals surface area (Å²) in [6, 6.07) is 8.16. The molecule has 1 aromatic rings. The van der Waals surface area contributed by atoms with Crippen LogP contribution in [0.4, 0.5) is 0 Å². The quantitative estimate of drug-likeness (QED) is 0.731. The molecule has 100 valence electrons. The molecule has 1 aromatic carbocycles. The monoisotopic (exact) mass is 271 g/mol. The van der Waals surface area contributed by atoms with E-state index in [-0.39, 0.29) is 17.9 Å². The number of methoxy groups -OCH3 is 1. The van der Waals surface area contributed by atoms with E-state index in [9.17, 15) is 13.2 Å². The third-order valence-corrected chi connectivity index (χ3v) is 4.52. The fourth-order valence-corrected chi connectivity index (χ4v) is 2.98. The normalized spacial score (nSPS) is 11.5. The lowest BCUT2D eigenvalue weighted by Gasteiger charge is -2.19. The molecule has 18 heavy (non-hydrogen) atoms. The number of hydrogen-bond donors (Lipinski definition) is 0. The molecule has 0 saturated carbocycles. The van der Waals surface area contributed by atoms with Crippen molar-refractivity contribution in [2.45, 2.75) is 18.2 Å². The SMILES string of the molecule is CCN(CCC(=O)OC)S(=O)(=O)c1ccccc1. The number of nitrogens with zero attached hydrogens (tertiary/aromatic N) is 1. The van der Waals surface area contributed by atoms with Crippen molar-refractivity contribution in [1.29, 1.82) is 0 Å². The molecule has 0 unspecified atom stereocenters. The lowest BCUT2D eigenvalue weighted by atomic mass is 10.4. The van der Waals surface area contributed by atoms with Crippen molar-refractivity contribution in [1.82, 2.24) is 4.31 Å². The first-order chi connectivity index (χ1) is 8.52. The van der Waals surface area contributed by atoms with Crippen LogP contribution in [0.2, 0.25) is 0 Å². The Kier molecular flexibility index (Phi) is 5.30. The first kappa shape index (κ1) is 14.7. The predicted molar refractivity (Wildman–Crippen MR) is 67.5 cm³/mol. The second-order valence-corrected chi connectivity index (χ2v) is 5.57. The molecule has 0 spiro atoms. The van der Waals surface area contributed by atoms with Gasteiger partial charge in [-0.05, 0) is 12.1 Å². The molecule has 0 aliphatic rings. The maximum absolute atomic E-state index is 12.2. The summed E-state index contributed by atoms with van der Waals surface area (Å²) in [6.07, 6.45) is 0.0520. The van der Waals surface area contributed by atoms with E-state index in [1.807, 2.05) is 0 Å². The zero-order valence-corrected chi connectivity index (χ0v) is 11.3. The Hall–Kier alpha value is -1.40. The van der Waals surface area contributed by atoms with Crippen molar-refractivity contribution in [3.8, 4) is 0 Å². The number of ether oxygens (including phenoxy) is 1. The van der Waals surface area contributed by atoms with E-state index < -0.39 is 16.0 Å². The van der Waals surface area contributed by atoms with Gasteiger partial charge in [0.25, 0.3) is 0 Å². The van der Waals surface area contributed by atoms with Gasteiger partial charge in [-0.3, -0.25) is 4.79 Å². The Labute approximate surface area is 107 Å². The second-order valence-electron chi connectivity index (χ2n) is 3.64. The number of benzene rings is 1. The molecule has 1 rings (SSSR count). The molecule has 0 aromatic heterocycles. The minimum Gasteiger partial charge on any atom is -0.469 e. The van der Waals surface area contributed by atoms with Crippen molar-refractivity contribution in [3.05, 3.63) is 30.3 Å². The maximum Gasteiger partial charge on any atom is 0.306 e. The number of rotatable bonds is 6. The van der Waals surface area contributed by atoms with Crippen LogP contribution in [0.5, 0.6) is 0 Å². The largest absolute Gasteiger partial charge is 0.469 e. The van der Waals surface area contributed by atoms with Gasteiger partial charge in [-0.15, -0.1) is 0 Å². The Balaban J connectivity index is 2.85. The molecule has 0 amide bonds. The highest BCUT2D eigenvalue weighted by molar-refractivity contribution is 7.89. The molecular formula is C12H17NO4S. The summed E-state index contributed by atoms with van der Waals surface area (Å²) < 4.78 is 30.2. The van der Waals surface area contributed by atoms with Gasteiger partial charge in [0.15, 0.2) is 0 Å². The van der Waals surface area contributed by atoms with Gasteiger partial charge in [0.1, 0.15) is 0 Å². The predicted octanol–water partition coefficient (Wildman–Crippen LogP) is 1.26. The van der Waals surface area contributed by atoms with Gasteiger partial charge >= 0.3 is 5.97 Å². The van der Waals surface area contributed by atoms with Crippen molar-refractivity contribution < 1.29 is 17.9 Å². The van der Waals surface area contributed by atoms with Crippen molar-refractivity contribution in [3.63, 3.8) is 0 Å². The number of hydrogen-bond acceptors (Lipinski definition) is 4. The Bertz CT molecular complexity index is 484. The Morgan fingerprint density at radius 1 is 1.28 bits per heavy atom. The van der Waals surface area contributed by atoms with Gasteiger partial charge in [0.05, 0.1) is 18.4 Å². The number of esters is 1. The summed E-state index contributed by atoms with van der Waals surface area (Å²) in [5, 5.41) is 0. The van der Waals surface area contributed by atoms with Gasteiger partial charge in [-0.25, -0.2) is 8.42 Å². The maximum atomic E-state index is 12.2. The zero-order valence-electron chi connectivity index (χ0n) is 10.5. The van der Waals surface area contributed by atoms with Crippen molar-refractivity contribution in [2.75, 3.05) is 20.2 Å². The summed E-state index contributed by atoms with van der Waals surface area (Å²) in [7, 11) is -2.25. The highest BCUT2D eigenvalue weighted by Gasteiger charge is 2.23. The first-order valence-corrected chi connectivity index (χ1v) is 7.08. The minimum atomic E-state index is -3.53. The number of carbonyl (C=O) groups is 1. The smallest absolute Gasteiger partial charge is 0.306 e. The van der Waals surface area contributed by atoms with Crippen LogP contribution < -0.4 is 0 Å². The first-order valence-electron chi connectivity index (χ1n) is 5.64. The average molecular weight is 271 g/mol. The zero-order chi connectivity index (χ0) is 13.6. The minimum absolute atomic E-state index is 0.0520. The van der Waals surface area contributed by atoms with Crippen LogP contribution in [-0.2, 0) is 19.6 Å². The summed E-state index contributed by atoms with van der Waals surface area (Å²) in [5.74, 6) is -0.420. The van der Waals surface area contributed by atoms with Gasteiger partial charge in [0.2, 0.25) is 10.0 Å². The van der Waals surface area contributed by atoms with Gasteiger partial charge < -0.3 is 4.74 Å². The van der Waals surface area contributed by atoms with Crippen molar-refractivity contribution in [2.24, 2.45) is 0 Å². The second kappa shape index (κ2) is 6.51. The number of carbonyl (C=O) groups excluding carboxylic acids is 1. The summed E-state index contributed by atoms with van der Waals surface area (Å²) >= 11 is 0. The van der Waals surface area contributed by atoms with Gasteiger partial charge in [-0.1, -0.05) is 25.1 Å². The molecular weight excluding hydrogens is 254 g/mol. The van der Waals surface area contributed by atoms with Crippen LogP contribution in [0.1, 0.15) is 13.3 Å². The highest BCUT2D eigenvalue weighted by atomic mass is 32.2. The average Bonchev–Trinajstić information content (AvgIpc) is 2.39. The van der Waals surface area contributed by atoms with Crippen LogP contribution in [-0.4, -0.2) is 38.9 Å². The van der Waals surface area contributed by atoms with Crippen LogP contribution >= 0.6 is 0 Å². The van der Waals surface area contributed by atoms with E-state index in [1.165, 1.54) is 23.5 Å². The molecule has 5 nitrogen and oxygen atoms in total. The van der Waals surface area contributed by atoms with Crippen LogP contribution in [0.15, 0.2) is 35.2 Å². The Morgan fingerprint density at radius 2 is 1.89 bits per heavy atom. The topological polar surface area (TPSA) is 63.7 Å². The molecule has 0 aliphatic heterocycles. The summed E-state index contributed by atoms with van der Waals surface area (Å²) in [6.45, 7) is 2.17.